The highest BCUT2D eigenvalue weighted by Gasteiger charge is 2.37. The summed E-state index contributed by atoms with van der Waals surface area (Å²) < 4.78 is 24.8. The molecule has 0 unspecified atom stereocenters. The van der Waals surface area contributed by atoms with Crippen LogP contribution >= 0.6 is 0 Å². The summed E-state index contributed by atoms with van der Waals surface area (Å²) >= 11 is 0. The normalized spacial score (nSPS) is 14.9. The third-order valence-corrected chi connectivity index (χ3v) is 6.80. The first kappa shape index (κ1) is 33.9. The highest BCUT2D eigenvalue weighted by atomic mass is 16.7. The maximum atomic E-state index is 13.6. The lowest BCUT2D eigenvalue weighted by atomic mass is 9.98. The van der Waals surface area contributed by atoms with E-state index in [0.29, 0.717) is 42.5 Å². The van der Waals surface area contributed by atoms with Gasteiger partial charge in [0.2, 0.25) is 6.54 Å². The van der Waals surface area contributed by atoms with Gasteiger partial charge in [-0.05, 0) is 74.1 Å². The zero-order valence-corrected chi connectivity index (χ0v) is 26.8. The number of aromatic nitrogens is 4. The SMILES string of the molecule is [C-]#[N+]C[C@H](C1CCCC1)n1cc(-c2ncnc(N(C(=O)OC(C)(C)C)C(=O)OC(C)(C)C)c2CC(OCC)OCC)cn1. The summed E-state index contributed by atoms with van der Waals surface area (Å²) in [5.41, 5.74) is -0.275. The molecule has 2 amide bonds. The molecule has 3 rings (SSSR count). The van der Waals surface area contributed by atoms with E-state index in [2.05, 4.69) is 19.9 Å². The molecule has 1 fully saturated rings. The first-order valence-electron chi connectivity index (χ1n) is 15.0. The molecule has 43 heavy (non-hydrogen) atoms. The zero-order valence-electron chi connectivity index (χ0n) is 26.8. The van der Waals surface area contributed by atoms with Crippen molar-refractivity contribution < 1.29 is 28.5 Å². The summed E-state index contributed by atoms with van der Waals surface area (Å²) in [5, 5.41) is 4.64. The minimum Gasteiger partial charge on any atom is -0.443 e. The Hall–Kier alpha value is -3.56. The van der Waals surface area contributed by atoms with E-state index in [4.69, 9.17) is 25.5 Å². The number of hydrogen-bond acceptors (Lipinski definition) is 9. The number of carbonyl (C=O) groups is 2. The molecule has 0 spiro atoms. The zero-order chi connectivity index (χ0) is 31.8. The number of anilines is 1. The molecule has 12 nitrogen and oxygen atoms in total. The van der Waals surface area contributed by atoms with Crippen LogP contribution in [-0.4, -0.2) is 69.2 Å². The fourth-order valence-corrected chi connectivity index (χ4v) is 5.13. The van der Waals surface area contributed by atoms with Crippen LogP contribution in [0.2, 0.25) is 0 Å². The summed E-state index contributed by atoms with van der Waals surface area (Å²) in [6.07, 6.45) is 6.79. The second-order valence-corrected chi connectivity index (χ2v) is 12.5. The molecule has 0 aromatic carbocycles. The van der Waals surface area contributed by atoms with Crippen LogP contribution in [0.3, 0.4) is 0 Å². The molecule has 1 saturated carbocycles. The third-order valence-electron chi connectivity index (χ3n) is 6.80. The number of hydrogen-bond donors (Lipinski definition) is 0. The highest BCUT2D eigenvalue weighted by Crippen LogP contribution is 2.36. The number of ether oxygens (including phenoxy) is 4. The molecule has 2 heterocycles. The van der Waals surface area contributed by atoms with Crippen molar-refractivity contribution in [1.82, 2.24) is 19.7 Å². The van der Waals surface area contributed by atoms with E-state index in [-0.39, 0.29) is 18.3 Å². The van der Waals surface area contributed by atoms with Crippen molar-refractivity contribution in [1.29, 1.82) is 0 Å². The van der Waals surface area contributed by atoms with Gasteiger partial charge in [0.25, 0.3) is 0 Å². The Labute approximate surface area is 254 Å². The van der Waals surface area contributed by atoms with Gasteiger partial charge in [-0.3, -0.25) is 4.68 Å². The van der Waals surface area contributed by atoms with Crippen LogP contribution in [0.5, 0.6) is 0 Å². The van der Waals surface area contributed by atoms with Crippen LogP contribution in [0.25, 0.3) is 16.1 Å². The monoisotopic (exact) mass is 598 g/mol. The molecule has 0 bridgehead atoms. The summed E-state index contributed by atoms with van der Waals surface area (Å²) in [6.45, 7) is 22.6. The molecule has 0 aliphatic heterocycles. The molecule has 1 atom stereocenters. The fraction of sp³-hybridized carbons (Fsp3) is 0.677. The summed E-state index contributed by atoms with van der Waals surface area (Å²) in [5.74, 6) is 0.372. The third kappa shape index (κ3) is 9.46. The largest absolute Gasteiger partial charge is 0.443 e. The second-order valence-electron chi connectivity index (χ2n) is 12.5. The van der Waals surface area contributed by atoms with Crippen LogP contribution in [0.4, 0.5) is 15.4 Å². The molecule has 1 aliphatic carbocycles. The average molecular weight is 599 g/mol. The van der Waals surface area contributed by atoms with E-state index in [1.807, 2.05) is 24.7 Å². The maximum absolute atomic E-state index is 13.6. The number of amides is 2. The number of rotatable bonds is 11. The van der Waals surface area contributed by atoms with Gasteiger partial charge in [0.05, 0.1) is 11.9 Å². The molecule has 2 aromatic heterocycles. The predicted molar refractivity (Wildman–Crippen MR) is 161 cm³/mol. The van der Waals surface area contributed by atoms with Crippen LogP contribution in [0, 0.1) is 12.5 Å². The molecular formula is C31H46N6O6. The first-order chi connectivity index (χ1) is 20.3. The molecular weight excluding hydrogens is 552 g/mol. The van der Waals surface area contributed by atoms with Crippen molar-refractivity contribution in [2.24, 2.45) is 5.92 Å². The van der Waals surface area contributed by atoms with Gasteiger partial charge in [0.1, 0.15) is 23.6 Å². The van der Waals surface area contributed by atoms with Gasteiger partial charge in [0.15, 0.2) is 12.1 Å². The molecule has 236 valence electrons. The fourth-order valence-electron chi connectivity index (χ4n) is 5.13. The van der Waals surface area contributed by atoms with Gasteiger partial charge >= 0.3 is 12.2 Å². The Bertz CT molecular complexity index is 1230. The standard InChI is InChI=1S/C31H46N6O6/c1-10-40-25(41-11-2)16-23-26(22-17-35-36(19-22)24(18-32-9)21-14-12-13-15-21)33-20-34-27(23)37(28(38)42-30(3,4)5)29(39)43-31(6,7)8/h17,19-21,24-25H,10-16,18H2,1-8H3/t24-/m1/s1. The summed E-state index contributed by atoms with van der Waals surface area (Å²) in [6, 6.07) is -0.0573. The topological polar surface area (TPSA) is 122 Å². The van der Waals surface area contributed by atoms with Crippen molar-refractivity contribution in [3.63, 3.8) is 0 Å². The number of imide groups is 1. The van der Waals surface area contributed by atoms with Gasteiger partial charge in [-0.25, -0.2) is 26.1 Å². The summed E-state index contributed by atoms with van der Waals surface area (Å²) in [7, 11) is 0. The molecule has 0 saturated heterocycles. The van der Waals surface area contributed by atoms with Crippen molar-refractivity contribution in [2.75, 3.05) is 24.7 Å². The van der Waals surface area contributed by atoms with E-state index < -0.39 is 29.7 Å². The second kappa shape index (κ2) is 14.8. The minimum absolute atomic E-state index is 0.000780. The van der Waals surface area contributed by atoms with E-state index in [1.54, 1.807) is 47.7 Å². The Morgan fingerprint density at radius 2 is 1.60 bits per heavy atom. The molecule has 2 aromatic rings. The van der Waals surface area contributed by atoms with Crippen LogP contribution in [-0.2, 0) is 25.4 Å². The van der Waals surface area contributed by atoms with Crippen molar-refractivity contribution in [3.05, 3.63) is 35.7 Å². The molecule has 12 heteroatoms. The predicted octanol–water partition coefficient (Wildman–Crippen LogP) is 6.61. The maximum Gasteiger partial charge on any atom is 0.425 e. The van der Waals surface area contributed by atoms with E-state index in [0.717, 1.165) is 30.6 Å². The number of carbonyl (C=O) groups excluding carboxylic acids is 2. The Balaban J connectivity index is 2.19. The van der Waals surface area contributed by atoms with Crippen LogP contribution in [0.15, 0.2) is 18.7 Å². The highest BCUT2D eigenvalue weighted by molar-refractivity contribution is 6.09. The lowest BCUT2D eigenvalue weighted by Gasteiger charge is -2.29. The van der Waals surface area contributed by atoms with Gasteiger partial charge < -0.3 is 23.8 Å². The van der Waals surface area contributed by atoms with Gasteiger partial charge in [-0.2, -0.15) is 10.00 Å². The van der Waals surface area contributed by atoms with E-state index in [1.165, 1.54) is 6.33 Å². The summed E-state index contributed by atoms with van der Waals surface area (Å²) in [4.78, 5) is 40.6. The van der Waals surface area contributed by atoms with Crippen molar-refractivity contribution in [3.8, 4) is 11.3 Å². The molecule has 0 radical (unpaired) electrons. The molecule has 1 aliphatic rings. The van der Waals surface area contributed by atoms with Crippen molar-refractivity contribution in [2.45, 2.75) is 111 Å². The van der Waals surface area contributed by atoms with Gasteiger partial charge in [-0.1, -0.05) is 12.8 Å². The average Bonchev–Trinajstić information content (AvgIpc) is 3.59. The van der Waals surface area contributed by atoms with Gasteiger partial charge in [0, 0.05) is 37.0 Å². The Morgan fingerprint density at radius 3 is 2.12 bits per heavy atom. The number of nitrogens with zero attached hydrogens (tertiary/aromatic N) is 6. The Morgan fingerprint density at radius 1 is 1.02 bits per heavy atom. The van der Waals surface area contributed by atoms with E-state index >= 15 is 0 Å². The lowest BCUT2D eigenvalue weighted by molar-refractivity contribution is -0.134. The van der Waals surface area contributed by atoms with Gasteiger partial charge in [-0.15, -0.1) is 0 Å². The minimum atomic E-state index is -0.939. The quantitative estimate of drug-likeness (QED) is 0.208. The lowest BCUT2D eigenvalue weighted by Crippen LogP contribution is -2.45. The first-order valence-corrected chi connectivity index (χ1v) is 15.0. The van der Waals surface area contributed by atoms with Crippen LogP contribution in [0.1, 0.15) is 92.7 Å². The molecule has 0 N–H and O–H groups in total. The smallest absolute Gasteiger partial charge is 0.425 e. The van der Waals surface area contributed by atoms with E-state index in [9.17, 15) is 9.59 Å². The Kier molecular flexibility index (Phi) is 11.6. The van der Waals surface area contributed by atoms with Crippen LogP contribution < -0.4 is 4.90 Å². The van der Waals surface area contributed by atoms with Crippen molar-refractivity contribution >= 4 is 18.0 Å².